The van der Waals surface area contributed by atoms with Gasteiger partial charge in [-0.05, 0) is 17.7 Å². The van der Waals surface area contributed by atoms with E-state index in [0.29, 0.717) is 5.75 Å². The van der Waals surface area contributed by atoms with Crippen LogP contribution in [0.15, 0.2) is 30.8 Å². The molecule has 2 heteroatoms. The van der Waals surface area contributed by atoms with E-state index in [9.17, 15) is 5.26 Å². The Bertz CT molecular complexity index is 213. The average Bonchev–Trinajstić information content (AvgIpc) is 2.05. The second kappa shape index (κ2) is 3.03. The van der Waals surface area contributed by atoms with E-state index >= 15 is 0 Å². The molecule has 0 N–H and O–H groups in total. The Labute approximate surface area is 59.3 Å². The van der Waals surface area contributed by atoms with Gasteiger partial charge < -0.3 is 4.89 Å². The normalized spacial score (nSPS) is 8.90. The number of hydrogen-bond donors (Lipinski definition) is 0. The highest BCUT2D eigenvalue weighted by Crippen LogP contribution is 2.11. The zero-order valence-corrected chi connectivity index (χ0v) is 5.41. The van der Waals surface area contributed by atoms with Gasteiger partial charge in [-0.3, -0.25) is 0 Å². The van der Waals surface area contributed by atoms with Crippen molar-refractivity contribution in [1.82, 2.24) is 0 Å². The van der Waals surface area contributed by atoms with Crippen LogP contribution in [-0.4, -0.2) is 0 Å². The van der Waals surface area contributed by atoms with Crippen molar-refractivity contribution in [3.63, 3.8) is 0 Å². The predicted octanol–water partition coefficient (Wildman–Crippen LogP) is 2.05. The topological polar surface area (TPSA) is 29.1 Å². The van der Waals surface area contributed by atoms with Crippen LogP contribution in [0, 0.1) is 0 Å². The summed E-state index contributed by atoms with van der Waals surface area (Å²) in [6.07, 6.45) is 1.70. The van der Waals surface area contributed by atoms with E-state index in [1.807, 2.05) is 0 Å². The molecule has 0 saturated carbocycles. The van der Waals surface area contributed by atoms with Gasteiger partial charge in [0.2, 0.25) is 0 Å². The van der Waals surface area contributed by atoms with Crippen LogP contribution in [0.5, 0.6) is 5.75 Å². The molecule has 1 radical (unpaired) electrons. The summed E-state index contributed by atoms with van der Waals surface area (Å²) in [5, 5.41) is 9.81. The Morgan fingerprint density at radius 2 is 1.90 bits per heavy atom. The van der Waals surface area contributed by atoms with Crippen molar-refractivity contribution in [1.29, 1.82) is 0 Å². The van der Waals surface area contributed by atoms with Crippen LogP contribution in [0.3, 0.4) is 0 Å². The predicted molar refractivity (Wildman–Crippen MR) is 37.8 cm³/mol. The lowest BCUT2D eigenvalue weighted by Crippen LogP contribution is -1.79. The molecule has 0 atom stereocenters. The molecule has 0 aromatic heterocycles. The minimum Gasteiger partial charge on any atom is -0.305 e. The van der Waals surface area contributed by atoms with Gasteiger partial charge in [-0.1, -0.05) is 24.8 Å². The maximum Gasteiger partial charge on any atom is 0.168 e. The summed E-state index contributed by atoms with van der Waals surface area (Å²) in [5.74, 6) is 0.325. The molecule has 0 saturated heterocycles. The van der Waals surface area contributed by atoms with Crippen LogP contribution < -0.4 is 4.89 Å². The first-order chi connectivity index (χ1) is 4.86. The molecular weight excluding hydrogens is 128 g/mol. The van der Waals surface area contributed by atoms with Gasteiger partial charge in [0.05, 0.1) is 0 Å². The summed E-state index contributed by atoms with van der Waals surface area (Å²) in [7, 11) is 0. The second-order valence-corrected chi connectivity index (χ2v) is 1.86. The molecule has 0 unspecified atom stereocenters. The van der Waals surface area contributed by atoms with Gasteiger partial charge in [0.25, 0.3) is 0 Å². The van der Waals surface area contributed by atoms with Crippen molar-refractivity contribution in [2.45, 2.75) is 0 Å². The van der Waals surface area contributed by atoms with Crippen LogP contribution in [0.25, 0.3) is 6.08 Å². The number of rotatable bonds is 2. The summed E-state index contributed by atoms with van der Waals surface area (Å²) in [4.78, 5) is 3.73. The summed E-state index contributed by atoms with van der Waals surface area (Å²) >= 11 is 0. The molecule has 0 spiro atoms. The molecule has 51 valence electrons. The zero-order chi connectivity index (χ0) is 7.40. The number of hydrogen-bond acceptors (Lipinski definition) is 1. The summed E-state index contributed by atoms with van der Waals surface area (Å²) in [6.45, 7) is 3.57. The minimum atomic E-state index is 0.325. The van der Waals surface area contributed by atoms with Crippen LogP contribution in [0.4, 0.5) is 0 Å². The highest BCUT2D eigenvalue weighted by molar-refractivity contribution is 5.48. The fourth-order valence-electron chi connectivity index (χ4n) is 0.659. The van der Waals surface area contributed by atoms with Gasteiger partial charge in [0.1, 0.15) is 0 Å². The molecule has 1 rings (SSSR count). The van der Waals surface area contributed by atoms with Crippen molar-refractivity contribution in [2.75, 3.05) is 0 Å². The Morgan fingerprint density at radius 3 is 2.30 bits per heavy atom. The van der Waals surface area contributed by atoms with Crippen LogP contribution in [0.2, 0.25) is 0 Å². The Balaban J connectivity index is 2.90. The molecule has 0 aliphatic heterocycles. The van der Waals surface area contributed by atoms with Gasteiger partial charge in [0.15, 0.2) is 5.75 Å². The standard InChI is InChI=1S/C8H7O2/c1-2-7-3-5-8(10-9)6-4-7/h2-6H,1H2. The zero-order valence-electron chi connectivity index (χ0n) is 5.41. The molecule has 2 nitrogen and oxygen atoms in total. The quantitative estimate of drug-likeness (QED) is 0.450. The fourth-order valence-corrected chi connectivity index (χ4v) is 0.659. The van der Waals surface area contributed by atoms with Crippen molar-refractivity contribution in [3.05, 3.63) is 36.4 Å². The SMILES string of the molecule is C=Cc1ccc(O[O])cc1. The van der Waals surface area contributed by atoms with Gasteiger partial charge >= 0.3 is 0 Å². The highest BCUT2D eigenvalue weighted by Gasteiger charge is 1.90. The average molecular weight is 135 g/mol. The van der Waals surface area contributed by atoms with E-state index < -0.39 is 0 Å². The van der Waals surface area contributed by atoms with E-state index in [-0.39, 0.29) is 0 Å². The van der Waals surface area contributed by atoms with Crippen molar-refractivity contribution >= 4 is 6.08 Å². The van der Waals surface area contributed by atoms with Gasteiger partial charge in [-0.2, -0.15) is 0 Å². The fraction of sp³-hybridized carbons (Fsp3) is 0. The molecule has 10 heavy (non-hydrogen) atoms. The van der Waals surface area contributed by atoms with Crippen molar-refractivity contribution in [3.8, 4) is 5.75 Å². The third-order valence-corrected chi connectivity index (χ3v) is 1.21. The largest absolute Gasteiger partial charge is 0.305 e. The third-order valence-electron chi connectivity index (χ3n) is 1.21. The lowest BCUT2D eigenvalue weighted by molar-refractivity contribution is -0.208. The number of benzene rings is 1. The van der Waals surface area contributed by atoms with Crippen LogP contribution >= 0.6 is 0 Å². The monoisotopic (exact) mass is 135 g/mol. The van der Waals surface area contributed by atoms with Gasteiger partial charge in [-0.25, -0.2) is 0 Å². The third kappa shape index (κ3) is 1.36. The van der Waals surface area contributed by atoms with E-state index in [0.717, 1.165) is 5.56 Å². The van der Waals surface area contributed by atoms with E-state index in [1.165, 1.54) is 0 Å². The minimum absolute atomic E-state index is 0.325. The van der Waals surface area contributed by atoms with Crippen LogP contribution in [0.1, 0.15) is 5.56 Å². The van der Waals surface area contributed by atoms with Crippen LogP contribution in [-0.2, 0) is 5.26 Å². The molecule has 0 heterocycles. The van der Waals surface area contributed by atoms with E-state index in [2.05, 4.69) is 11.5 Å². The van der Waals surface area contributed by atoms with Crippen molar-refractivity contribution < 1.29 is 10.1 Å². The smallest absolute Gasteiger partial charge is 0.168 e. The second-order valence-electron chi connectivity index (χ2n) is 1.86. The van der Waals surface area contributed by atoms with Gasteiger partial charge in [-0.15, -0.1) is 0 Å². The molecule has 0 fully saturated rings. The first-order valence-corrected chi connectivity index (χ1v) is 2.89. The van der Waals surface area contributed by atoms with E-state index in [4.69, 9.17) is 0 Å². The lowest BCUT2D eigenvalue weighted by atomic mass is 10.2. The lowest BCUT2D eigenvalue weighted by Gasteiger charge is -1.93. The maximum absolute atomic E-state index is 9.81. The molecular formula is C8H7O2. The van der Waals surface area contributed by atoms with E-state index in [1.54, 1.807) is 30.3 Å². The Kier molecular flexibility index (Phi) is 2.07. The maximum atomic E-state index is 9.81. The van der Waals surface area contributed by atoms with Crippen molar-refractivity contribution in [2.24, 2.45) is 0 Å². The summed E-state index contributed by atoms with van der Waals surface area (Å²) in [6, 6.07) is 6.73. The Morgan fingerprint density at radius 1 is 1.30 bits per heavy atom. The molecule has 1 aromatic carbocycles. The molecule has 0 aliphatic carbocycles. The highest BCUT2D eigenvalue weighted by atomic mass is 17.1. The molecule has 0 aliphatic rings. The summed E-state index contributed by atoms with van der Waals surface area (Å²) < 4.78 is 0. The summed E-state index contributed by atoms with van der Waals surface area (Å²) in [5.41, 5.74) is 0.973. The molecule has 0 amide bonds. The molecule has 1 aromatic rings. The Hall–Kier alpha value is -1.28. The first-order valence-electron chi connectivity index (χ1n) is 2.89. The van der Waals surface area contributed by atoms with Gasteiger partial charge in [0, 0.05) is 5.26 Å². The molecule has 0 bridgehead atoms. The first kappa shape index (κ1) is 6.83.